The zero-order chi connectivity index (χ0) is 13.1. The third-order valence-corrected chi connectivity index (χ3v) is 2.82. The summed E-state index contributed by atoms with van der Waals surface area (Å²) in [5, 5.41) is 0. The van der Waals surface area contributed by atoms with Gasteiger partial charge < -0.3 is 9.72 Å². The summed E-state index contributed by atoms with van der Waals surface area (Å²) in [5.74, 6) is 1.22. The summed E-state index contributed by atoms with van der Waals surface area (Å²) >= 11 is 0. The van der Waals surface area contributed by atoms with Crippen LogP contribution in [-0.2, 0) is 6.42 Å². The number of hydrogen-bond donors (Lipinski definition) is 1. The molecule has 0 amide bonds. The van der Waals surface area contributed by atoms with Gasteiger partial charge in [-0.3, -0.25) is 4.79 Å². The molecule has 0 aliphatic carbocycles. The standard InChI is InChI=1S/C13H15N3O2/c1-8-9(2)15-11(16-13(8)17)6-10-4-5-12(18-3)14-7-10/h4-5,7H,6H2,1-3H3,(H,15,16,17). The Morgan fingerprint density at radius 2 is 2.11 bits per heavy atom. The van der Waals surface area contributed by atoms with Crippen molar-refractivity contribution in [1.29, 1.82) is 0 Å². The second kappa shape index (κ2) is 5.00. The first kappa shape index (κ1) is 12.3. The van der Waals surface area contributed by atoms with E-state index in [1.54, 1.807) is 26.3 Å². The number of aromatic nitrogens is 3. The summed E-state index contributed by atoms with van der Waals surface area (Å²) in [6.45, 7) is 3.60. The van der Waals surface area contributed by atoms with Gasteiger partial charge in [0.2, 0.25) is 5.88 Å². The predicted molar refractivity (Wildman–Crippen MR) is 67.9 cm³/mol. The van der Waals surface area contributed by atoms with Crippen LogP contribution in [0.4, 0.5) is 0 Å². The van der Waals surface area contributed by atoms with E-state index in [2.05, 4.69) is 15.0 Å². The third-order valence-electron chi connectivity index (χ3n) is 2.82. The quantitative estimate of drug-likeness (QED) is 0.887. The maximum atomic E-state index is 11.6. The van der Waals surface area contributed by atoms with E-state index in [-0.39, 0.29) is 5.56 Å². The van der Waals surface area contributed by atoms with Crippen LogP contribution in [0.5, 0.6) is 5.88 Å². The second-order valence-electron chi connectivity index (χ2n) is 4.11. The Kier molecular flexibility index (Phi) is 3.41. The van der Waals surface area contributed by atoms with Crippen molar-refractivity contribution in [2.45, 2.75) is 20.3 Å². The first-order valence-corrected chi connectivity index (χ1v) is 5.65. The molecule has 0 saturated heterocycles. The molecule has 0 bridgehead atoms. The number of ether oxygens (including phenoxy) is 1. The van der Waals surface area contributed by atoms with E-state index >= 15 is 0 Å². The second-order valence-corrected chi connectivity index (χ2v) is 4.11. The third kappa shape index (κ3) is 2.56. The van der Waals surface area contributed by atoms with E-state index in [9.17, 15) is 4.79 Å². The van der Waals surface area contributed by atoms with Crippen molar-refractivity contribution >= 4 is 0 Å². The van der Waals surface area contributed by atoms with Crippen LogP contribution in [0, 0.1) is 13.8 Å². The van der Waals surface area contributed by atoms with Crippen LogP contribution in [0.3, 0.4) is 0 Å². The van der Waals surface area contributed by atoms with Crippen LogP contribution in [0.25, 0.3) is 0 Å². The Labute approximate surface area is 105 Å². The van der Waals surface area contributed by atoms with Crippen molar-refractivity contribution in [3.8, 4) is 5.88 Å². The fourth-order valence-corrected chi connectivity index (χ4v) is 1.62. The molecule has 0 aromatic carbocycles. The molecule has 2 rings (SSSR count). The van der Waals surface area contributed by atoms with Gasteiger partial charge in [-0.15, -0.1) is 0 Å². The van der Waals surface area contributed by atoms with Gasteiger partial charge in [-0.2, -0.15) is 0 Å². The number of H-pyrrole nitrogens is 1. The maximum Gasteiger partial charge on any atom is 0.254 e. The molecule has 0 atom stereocenters. The summed E-state index contributed by atoms with van der Waals surface area (Å²) in [6, 6.07) is 3.69. The van der Waals surface area contributed by atoms with Crippen LogP contribution in [-0.4, -0.2) is 22.1 Å². The molecule has 2 heterocycles. The molecule has 5 heteroatoms. The average Bonchev–Trinajstić information content (AvgIpc) is 2.37. The number of aryl methyl sites for hydroxylation is 1. The number of nitrogens with zero attached hydrogens (tertiary/aromatic N) is 2. The minimum absolute atomic E-state index is 0.0843. The fraction of sp³-hybridized carbons (Fsp3) is 0.308. The van der Waals surface area contributed by atoms with Crippen molar-refractivity contribution in [2.24, 2.45) is 0 Å². The van der Waals surface area contributed by atoms with Crippen LogP contribution in [0.1, 0.15) is 22.6 Å². The first-order chi connectivity index (χ1) is 8.60. The SMILES string of the molecule is COc1ccc(Cc2nc(C)c(C)c(=O)[nH]2)cn1. The topological polar surface area (TPSA) is 67.9 Å². The van der Waals surface area contributed by atoms with Gasteiger partial charge in [0.15, 0.2) is 0 Å². The number of nitrogens with one attached hydrogen (secondary N) is 1. The highest BCUT2D eigenvalue weighted by Crippen LogP contribution is 2.09. The summed E-state index contributed by atoms with van der Waals surface area (Å²) in [6.07, 6.45) is 2.27. The molecule has 0 aliphatic rings. The lowest BCUT2D eigenvalue weighted by atomic mass is 10.2. The number of hydrogen-bond acceptors (Lipinski definition) is 4. The number of rotatable bonds is 3. The average molecular weight is 245 g/mol. The molecule has 94 valence electrons. The Hall–Kier alpha value is -2.17. The summed E-state index contributed by atoms with van der Waals surface area (Å²) in [4.78, 5) is 22.9. The highest BCUT2D eigenvalue weighted by atomic mass is 16.5. The smallest absolute Gasteiger partial charge is 0.254 e. The molecule has 0 radical (unpaired) electrons. The van der Waals surface area contributed by atoms with Crippen LogP contribution < -0.4 is 10.3 Å². The van der Waals surface area contributed by atoms with Gasteiger partial charge in [0.05, 0.1) is 7.11 Å². The summed E-state index contributed by atoms with van der Waals surface area (Å²) in [7, 11) is 1.57. The molecule has 5 nitrogen and oxygen atoms in total. The van der Waals surface area contributed by atoms with E-state index in [4.69, 9.17) is 4.74 Å². The highest BCUT2D eigenvalue weighted by molar-refractivity contribution is 5.22. The van der Waals surface area contributed by atoms with Gasteiger partial charge >= 0.3 is 0 Å². The molecule has 18 heavy (non-hydrogen) atoms. The minimum atomic E-state index is -0.0843. The lowest BCUT2D eigenvalue weighted by Gasteiger charge is -2.05. The van der Waals surface area contributed by atoms with E-state index < -0.39 is 0 Å². The zero-order valence-electron chi connectivity index (χ0n) is 10.7. The van der Waals surface area contributed by atoms with Gasteiger partial charge in [-0.25, -0.2) is 9.97 Å². The van der Waals surface area contributed by atoms with Crippen molar-refractivity contribution in [1.82, 2.24) is 15.0 Å². The molecule has 2 aromatic rings. The molecule has 0 aliphatic heterocycles. The van der Waals surface area contributed by atoms with Crippen molar-refractivity contribution in [3.05, 3.63) is 51.3 Å². The molecule has 0 saturated carbocycles. The Bertz CT molecular complexity index is 603. The molecular formula is C13H15N3O2. The number of aromatic amines is 1. The minimum Gasteiger partial charge on any atom is -0.481 e. The molecule has 0 fully saturated rings. The van der Waals surface area contributed by atoms with E-state index in [1.807, 2.05) is 13.0 Å². The molecule has 0 spiro atoms. The first-order valence-electron chi connectivity index (χ1n) is 5.65. The molecule has 1 N–H and O–H groups in total. The summed E-state index contributed by atoms with van der Waals surface area (Å²) in [5.41, 5.74) is 2.31. The van der Waals surface area contributed by atoms with Gasteiger partial charge in [-0.05, 0) is 19.4 Å². The van der Waals surface area contributed by atoms with Crippen molar-refractivity contribution in [2.75, 3.05) is 7.11 Å². The lowest BCUT2D eigenvalue weighted by Crippen LogP contribution is -2.16. The van der Waals surface area contributed by atoms with Gasteiger partial charge in [-0.1, -0.05) is 6.07 Å². The summed E-state index contributed by atoms with van der Waals surface area (Å²) < 4.78 is 4.99. The highest BCUT2D eigenvalue weighted by Gasteiger charge is 2.05. The predicted octanol–water partition coefficient (Wildman–Crippen LogP) is 1.38. The normalized spacial score (nSPS) is 10.4. The monoisotopic (exact) mass is 245 g/mol. The van der Waals surface area contributed by atoms with Crippen LogP contribution >= 0.6 is 0 Å². The van der Waals surface area contributed by atoms with E-state index in [1.165, 1.54) is 0 Å². The Morgan fingerprint density at radius 3 is 2.67 bits per heavy atom. The Balaban J connectivity index is 2.25. The van der Waals surface area contributed by atoms with Gasteiger partial charge in [0.1, 0.15) is 5.82 Å². The van der Waals surface area contributed by atoms with E-state index in [0.29, 0.717) is 23.7 Å². The van der Waals surface area contributed by atoms with Crippen molar-refractivity contribution in [3.63, 3.8) is 0 Å². The fourth-order valence-electron chi connectivity index (χ4n) is 1.62. The number of pyridine rings is 1. The van der Waals surface area contributed by atoms with Crippen molar-refractivity contribution < 1.29 is 4.74 Å². The Morgan fingerprint density at radius 1 is 1.33 bits per heavy atom. The number of methoxy groups -OCH3 is 1. The van der Waals surface area contributed by atoms with E-state index in [0.717, 1.165) is 11.3 Å². The van der Waals surface area contributed by atoms with Crippen LogP contribution in [0.15, 0.2) is 23.1 Å². The van der Waals surface area contributed by atoms with Gasteiger partial charge in [0, 0.05) is 29.9 Å². The zero-order valence-corrected chi connectivity index (χ0v) is 10.7. The lowest BCUT2D eigenvalue weighted by molar-refractivity contribution is 0.397. The molecule has 0 unspecified atom stereocenters. The van der Waals surface area contributed by atoms with Gasteiger partial charge in [0.25, 0.3) is 5.56 Å². The molecule has 2 aromatic heterocycles. The molecular weight excluding hydrogens is 230 g/mol. The maximum absolute atomic E-state index is 11.6. The van der Waals surface area contributed by atoms with Crippen LogP contribution in [0.2, 0.25) is 0 Å². The largest absolute Gasteiger partial charge is 0.481 e.